The molecule has 0 aliphatic carbocycles. The van der Waals surface area contributed by atoms with Crippen LogP contribution in [0.5, 0.6) is 5.75 Å². The zero-order valence-electron chi connectivity index (χ0n) is 12.9. The van der Waals surface area contributed by atoms with Crippen LogP contribution in [0.15, 0.2) is 28.8 Å². The molecule has 23 heavy (non-hydrogen) atoms. The van der Waals surface area contributed by atoms with Crippen molar-refractivity contribution in [3.8, 4) is 17.3 Å². The van der Waals surface area contributed by atoms with Crippen LogP contribution in [0.3, 0.4) is 0 Å². The van der Waals surface area contributed by atoms with E-state index in [2.05, 4.69) is 28.9 Å². The van der Waals surface area contributed by atoms with Gasteiger partial charge in [0.15, 0.2) is 5.58 Å². The van der Waals surface area contributed by atoms with Crippen LogP contribution in [-0.4, -0.2) is 26.2 Å². The largest absolute Gasteiger partial charge is 0.493 e. The third-order valence-electron chi connectivity index (χ3n) is 3.44. The summed E-state index contributed by atoms with van der Waals surface area (Å²) < 4.78 is 13.2. The molecule has 0 spiro atoms. The Kier molecular flexibility index (Phi) is 3.49. The number of aromatic nitrogens is 4. The average molecular weight is 328 g/mol. The molecule has 3 aromatic heterocycles. The van der Waals surface area contributed by atoms with Gasteiger partial charge in [0.25, 0.3) is 0 Å². The molecule has 0 N–H and O–H groups in total. The molecule has 0 bridgehead atoms. The van der Waals surface area contributed by atoms with E-state index in [0.29, 0.717) is 23.8 Å². The molecule has 3 heterocycles. The molecule has 0 saturated carbocycles. The summed E-state index contributed by atoms with van der Waals surface area (Å²) in [7, 11) is 0. The molecule has 7 heteroatoms. The Morgan fingerprint density at radius 3 is 2.96 bits per heavy atom. The number of benzene rings is 1. The zero-order valence-corrected chi connectivity index (χ0v) is 13.8. The third kappa shape index (κ3) is 2.57. The van der Waals surface area contributed by atoms with Crippen molar-refractivity contribution in [2.75, 3.05) is 6.61 Å². The lowest BCUT2D eigenvalue weighted by Crippen LogP contribution is -1.94. The first-order valence-corrected chi connectivity index (χ1v) is 8.47. The van der Waals surface area contributed by atoms with Crippen molar-refractivity contribution in [1.82, 2.24) is 19.6 Å². The first kappa shape index (κ1) is 14.2. The minimum Gasteiger partial charge on any atom is -0.493 e. The second-order valence-electron chi connectivity index (χ2n) is 5.20. The van der Waals surface area contributed by atoms with Gasteiger partial charge in [-0.25, -0.2) is 14.5 Å². The minimum absolute atomic E-state index is 0.503. The highest BCUT2D eigenvalue weighted by molar-refractivity contribution is 7.16. The maximum atomic E-state index is 5.84. The number of aryl methyl sites for hydroxylation is 1. The molecule has 0 amide bonds. The predicted molar refractivity (Wildman–Crippen MR) is 89.0 cm³/mol. The average Bonchev–Trinajstić information content (AvgIpc) is 3.23. The molecule has 0 fully saturated rings. The summed E-state index contributed by atoms with van der Waals surface area (Å²) in [6.45, 7) is 4.85. The lowest BCUT2D eigenvalue weighted by molar-refractivity contribution is 0.317. The fourth-order valence-corrected chi connectivity index (χ4v) is 3.13. The lowest BCUT2D eigenvalue weighted by atomic mass is 10.3. The van der Waals surface area contributed by atoms with E-state index in [0.717, 1.165) is 34.1 Å². The number of rotatable bonds is 5. The van der Waals surface area contributed by atoms with Crippen molar-refractivity contribution in [3.05, 3.63) is 29.4 Å². The van der Waals surface area contributed by atoms with Crippen LogP contribution in [0.2, 0.25) is 0 Å². The quantitative estimate of drug-likeness (QED) is 0.555. The van der Waals surface area contributed by atoms with E-state index in [1.54, 1.807) is 15.9 Å². The van der Waals surface area contributed by atoms with E-state index in [1.807, 2.05) is 24.4 Å². The van der Waals surface area contributed by atoms with E-state index < -0.39 is 0 Å². The van der Waals surface area contributed by atoms with E-state index in [9.17, 15) is 0 Å². The van der Waals surface area contributed by atoms with E-state index in [-0.39, 0.29) is 0 Å². The summed E-state index contributed by atoms with van der Waals surface area (Å²) in [6.07, 6.45) is 3.73. The van der Waals surface area contributed by atoms with Crippen molar-refractivity contribution >= 4 is 27.4 Å². The molecule has 4 aromatic rings. The van der Waals surface area contributed by atoms with Crippen molar-refractivity contribution in [3.63, 3.8) is 0 Å². The summed E-state index contributed by atoms with van der Waals surface area (Å²) >= 11 is 1.58. The van der Waals surface area contributed by atoms with E-state index in [1.165, 1.54) is 0 Å². The Morgan fingerprint density at radius 2 is 2.17 bits per heavy atom. The molecular weight excluding hydrogens is 312 g/mol. The molecule has 0 aliphatic rings. The third-order valence-corrected chi connectivity index (χ3v) is 4.51. The first-order valence-electron chi connectivity index (χ1n) is 7.65. The Balaban J connectivity index is 1.70. The van der Waals surface area contributed by atoms with Crippen LogP contribution in [0.4, 0.5) is 0 Å². The monoisotopic (exact) mass is 328 g/mol. The normalized spacial score (nSPS) is 11.6. The van der Waals surface area contributed by atoms with Gasteiger partial charge in [-0.05, 0) is 25.0 Å². The highest BCUT2D eigenvalue weighted by Gasteiger charge is 2.14. The fraction of sp³-hybridized carbons (Fsp3) is 0.312. The van der Waals surface area contributed by atoms with Crippen molar-refractivity contribution in [2.45, 2.75) is 26.7 Å². The van der Waals surface area contributed by atoms with E-state index in [4.69, 9.17) is 9.15 Å². The number of ether oxygens (including phenoxy) is 1. The van der Waals surface area contributed by atoms with Crippen LogP contribution in [0, 0.1) is 0 Å². The maximum Gasteiger partial charge on any atom is 0.247 e. The Morgan fingerprint density at radius 1 is 1.26 bits per heavy atom. The van der Waals surface area contributed by atoms with Crippen molar-refractivity contribution in [1.29, 1.82) is 0 Å². The summed E-state index contributed by atoms with van der Waals surface area (Å²) in [5, 5.41) is 5.53. The minimum atomic E-state index is 0.503. The first-order chi connectivity index (χ1) is 11.3. The highest BCUT2D eigenvalue weighted by atomic mass is 32.1. The standard InChI is InChI=1S/C16H16N4O2S/c1-3-7-21-10-5-6-11-13(8-10)22-15(17-11)12-9-20-16(18-12)23-14(4-2)19-20/h5-6,8-9H,3-4,7H2,1-2H3. The number of oxazole rings is 1. The molecule has 4 rings (SSSR count). The van der Waals surface area contributed by atoms with Crippen LogP contribution < -0.4 is 4.74 Å². The van der Waals surface area contributed by atoms with E-state index >= 15 is 0 Å². The van der Waals surface area contributed by atoms with Gasteiger partial charge in [0.05, 0.1) is 12.8 Å². The molecule has 118 valence electrons. The molecule has 1 aromatic carbocycles. The van der Waals surface area contributed by atoms with Gasteiger partial charge >= 0.3 is 0 Å². The number of hydrogen-bond donors (Lipinski definition) is 0. The molecule has 0 atom stereocenters. The number of hydrogen-bond acceptors (Lipinski definition) is 6. The van der Waals surface area contributed by atoms with Gasteiger partial charge < -0.3 is 9.15 Å². The van der Waals surface area contributed by atoms with Gasteiger partial charge in [-0.2, -0.15) is 5.10 Å². The Labute approximate surface area is 136 Å². The molecule has 0 unspecified atom stereocenters. The van der Waals surface area contributed by atoms with Crippen LogP contribution in [0.25, 0.3) is 27.6 Å². The number of fused-ring (bicyclic) bond motifs is 2. The van der Waals surface area contributed by atoms with Gasteiger partial charge in [-0.3, -0.25) is 0 Å². The van der Waals surface area contributed by atoms with Crippen molar-refractivity contribution < 1.29 is 9.15 Å². The molecule has 6 nitrogen and oxygen atoms in total. The Bertz CT molecular complexity index is 938. The molecular formula is C16H16N4O2S. The predicted octanol–water partition coefficient (Wildman–Crippen LogP) is 3.95. The number of nitrogens with zero attached hydrogens (tertiary/aromatic N) is 4. The topological polar surface area (TPSA) is 65.5 Å². The summed E-state index contributed by atoms with van der Waals surface area (Å²) in [5.74, 6) is 1.30. The zero-order chi connectivity index (χ0) is 15.8. The fourth-order valence-electron chi connectivity index (χ4n) is 2.31. The lowest BCUT2D eigenvalue weighted by Gasteiger charge is -2.02. The summed E-state index contributed by atoms with van der Waals surface area (Å²) in [5.41, 5.74) is 2.19. The van der Waals surface area contributed by atoms with Crippen molar-refractivity contribution in [2.24, 2.45) is 0 Å². The van der Waals surface area contributed by atoms with Gasteiger partial charge in [0.2, 0.25) is 10.9 Å². The Hall–Kier alpha value is -2.41. The number of imidazole rings is 1. The van der Waals surface area contributed by atoms with Crippen LogP contribution in [0.1, 0.15) is 25.3 Å². The smallest absolute Gasteiger partial charge is 0.247 e. The SMILES string of the molecule is CCCOc1ccc2nc(-c3cn4nc(CC)sc4n3)oc2c1. The molecule has 0 aliphatic heterocycles. The summed E-state index contributed by atoms with van der Waals surface area (Å²) in [4.78, 5) is 9.90. The molecule has 0 saturated heterocycles. The van der Waals surface area contributed by atoms with Gasteiger partial charge in [0, 0.05) is 6.07 Å². The second-order valence-corrected chi connectivity index (χ2v) is 6.24. The second kappa shape index (κ2) is 5.66. The van der Waals surface area contributed by atoms with Gasteiger partial charge in [-0.15, -0.1) is 0 Å². The highest BCUT2D eigenvalue weighted by Crippen LogP contribution is 2.28. The summed E-state index contributed by atoms with van der Waals surface area (Å²) in [6, 6.07) is 5.68. The maximum absolute atomic E-state index is 5.84. The van der Waals surface area contributed by atoms with Crippen LogP contribution >= 0.6 is 11.3 Å². The molecule has 0 radical (unpaired) electrons. The van der Waals surface area contributed by atoms with Gasteiger partial charge in [0.1, 0.15) is 22.0 Å². The van der Waals surface area contributed by atoms with Crippen LogP contribution in [-0.2, 0) is 6.42 Å². The van der Waals surface area contributed by atoms with Gasteiger partial charge in [-0.1, -0.05) is 25.2 Å².